The van der Waals surface area contributed by atoms with Gasteiger partial charge < -0.3 is 28.8 Å². The van der Waals surface area contributed by atoms with Crippen LogP contribution >= 0.6 is 0 Å². The second-order valence-corrected chi connectivity index (χ2v) is 8.21. The van der Waals surface area contributed by atoms with Gasteiger partial charge >= 0.3 is 0 Å². The highest BCUT2D eigenvalue weighted by molar-refractivity contribution is 5.69. The smallest absolute Gasteiger partial charge is 0.227 e. The summed E-state index contributed by atoms with van der Waals surface area (Å²) in [5.41, 5.74) is 3.18. The first-order valence-electron chi connectivity index (χ1n) is 12.0. The van der Waals surface area contributed by atoms with Crippen molar-refractivity contribution in [2.45, 2.75) is 19.6 Å². The van der Waals surface area contributed by atoms with Crippen molar-refractivity contribution in [1.29, 1.82) is 0 Å². The zero-order chi connectivity index (χ0) is 25.3. The van der Waals surface area contributed by atoms with E-state index in [0.717, 1.165) is 29.0 Å². The molecule has 0 saturated carbocycles. The highest BCUT2D eigenvalue weighted by Gasteiger charge is 2.13. The fraction of sp³-hybridized carbons (Fsp3) is 0.259. The number of benzene rings is 1. The predicted molar refractivity (Wildman–Crippen MR) is 138 cm³/mol. The van der Waals surface area contributed by atoms with E-state index in [1.165, 1.54) is 0 Å². The number of aromatic nitrogens is 5. The SMILES string of the molecule is COc1cnc2nc1-c1ccnc(c1)OCC/C=C/COCc1cc(ccc1OCCn1ccnc1)N2. The lowest BCUT2D eigenvalue weighted by molar-refractivity contribution is 0.144. The van der Waals surface area contributed by atoms with Crippen LogP contribution < -0.4 is 19.5 Å². The van der Waals surface area contributed by atoms with E-state index in [0.29, 0.717) is 56.2 Å². The van der Waals surface area contributed by atoms with Crippen molar-refractivity contribution in [3.8, 4) is 28.6 Å². The standard InChI is InChI=1S/C27H28N6O4/c1-34-24-17-30-27-31-22-5-6-23(36-14-11-33-10-9-28-19-33)21(15-22)18-35-12-3-2-4-13-37-25-16-20(7-8-29-25)26(24)32-27/h2-3,5-10,15-17,19H,4,11-14,18H2,1H3,(H,30,31,32)/b3-2+. The van der Waals surface area contributed by atoms with Crippen molar-refractivity contribution in [1.82, 2.24) is 24.5 Å². The molecule has 5 rings (SSSR count). The molecule has 10 heteroatoms. The van der Waals surface area contributed by atoms with Gasteiger partial charge in [0, 0.05) is 41.5 Å². The summed E-state index contributed by atoms with van der Waals surface area (Å²) < 4.78 is 25.3. The second-order valence-electron chi connectivity index (χ2n) is 8.21. The number of nitrogens with one attached hydrogen (secondary N) is 1. The Morgan fingerprint density at radius 2 is 2.05 bits per heavy atom. The molecule has 3 aromatic heterocycles. The maximum atomic E-state index is 6.08. The van der Waals surface area contributed by atoms with Crippen LogP contribution in [0.25, 0.3) is 11.3 Å². The summed E-state index contributed by atoms with van der Waals surface area (Å²) >= 11 is 0. The Morgan fingerprint density at radius 1 is 1.08 bits per heavy atom. The molecular formula is C27H28N6O4. The molecular weight excluding hydrogens is 472 g/mol. The molecule has 0 aliphatic carbocycles. The molecule has 190 valence electrons. The Labute approximate surface area is 214 Å². The number of hydrogen-bond acceptors (Lipinski definition) is 9. The van der Waals surface area contributed by atoms with Crippen LogP contribution in [0.2, 0.25) is 0 Å². The van der Waals surface area contributed by atoms with Crippen molar-refractivity contribution < 1.29 is 18.9 Å². The molecule has 0 unspecified atom stereocenters. The minimum Gasteiger partial charge on any atom is -0.493 e. The molecule has 10 nitrogen and oxygen atoms in total. The number of methoxy groups -OCH3 is 1. The number of imidazole rings is 1. The van der Waals surface area contributed by atoms with Gasteiger partial charge in [-0.1, -0.05) is 12.2 Å². The summed E-state index contributed by atoms with van der Waals surface area (Å²) in [4.78, 5) is 17.5. The van der Waals surface area contributed by atoms with E-state index in [9.17, 15) is 0 Å². The minimum atomic E-state index is 0.389. The van der Waals surface area contributed by atoms with Crippen molar-refractivity contribution in [3.63, 3.8) is 0 Å². The van der Waals surface area contributed by atoms with Gasteiger partial charge in [-0.05, 0) is 30.7 Å². The molecule has 0 atom stereocenters. The summed E-state index contributed by atoms with van der Waals surface area (Å²) in [5.74, 6) is 2.26. The summed E-state index contributed by atoms with van der Waals surface area (Å²) in [6, 6.07) is 9.56. The molecule has 0 spiro atoms. The third kappa shape index (κ3) is 6.42. The average molecular weight is 501 g/mol. The van der Waals surface area contributed by atoms with Gasteiger partial charge in [-0.2, -0.15) is 0 Å². The molecule has 0 amide bonds. The van der Waals surface area contributed by atoms with Crippen LogP contribution in [0, 0.1) is 0 Å². The molecule has 1 aliphatic heterocycles. The van der Waals surface area contributed by atoms with Crippen molar-refractivity contribution in [3.05, 3.63) is 79.2 Å². The lowest BCUT2D eigenvalue weighted by Crippen LogP contribution is -2.08. The summed E-state index contributed by atoms with van der Waals surface area (Å²) in [5, 5.41) is 3.29. The van der Waals surface area contributed by atoms with Crippen molar-refractivity contribution in [2.24, 2.45) is 0 Å². The maximum Gasteiger partial charge on any atom is 0.227 e. The van der Waals surface area contributed by atoms with Crippen LogP contribution in [-0.4, -0.2) is 51.4 Å². The zero-order valence-corrected chi connectivity index (χ0v) is 20.5. The molecule has 0 fully saturated rings. The Hall–Kier alpha value is -4.44. The van der Waals surface area contributed by atoms with E-state index in [1.807, 2.05) is 53.2 Å². The second kappa shape index (κ2) is 12.0. The monoisotopic (exact) mass is 500 g/mol. The number of ether oxygens (including phenoxy) is 4. The molecule has 4 aromatic rings. The molecule has 0 radical (unpaired) electrons. The first-order valence-corrected chi connectivity index (χ1v) is 12.0. The predicted octanol–water partition coefficient (Wildman–Crippen LogP) is 4.42. The Kier molecular flexibility index (Phi) is 7.87. The molecule has 0 saturated heterocycles. The van der Waals surface area contributed by atoms with Crippen LogP contribution in [0.4, 0.5) is 11.6 Å². The fourth-order valence-corrected chi connectivity index (χ4v) is 3.80. The highest BCUT2D eigenvalue weighted by atomic mass is 16.5. The summed E-state index contributed by atoms with van der Waals surface area (Å²) in [6.45, 7) is 2.57. The van der Waals surface area contributed by atoms with Crippen molar-refractivity contribution >= 4 is 11.6 Å². The molecule has 1 aliphatic rings. The van der Waals surface area contributed by atoms with Crippen molar-refractivity contribution in [2.75, 3.05) is 32.2 Å². The topological polar surface area (TPSA) is 105 Å². The Balaban J connectivity index is 1.43. The summed E-state index contributed by atoms with van der Waals surface area (Å²) in [6.07, 6.45) is 13.5. The van der Waals surface area contributed by atoms with Gasteiger partial charge in [0.1, 0.15) is 18.1 Å². The van der Waals surface area contributed by atoms with Gasteiger partial charge in [0.05, 0.1) is 46.0 Å². The molecule has 1 N–H and O–H groups in total. The Bertz CT molecular complexity index is 1340. The highest BCUT2D eigenvalue weighted by Crippen LogP contribution is 2.31. The van der Waals surface area contributed by atoms with E-state index in [-0.39, 0.29) is 0 Å². The van der Waals surface area contributed by atoms with Gasteiger partial charge in [0.15, 0.2) is 5.75 Å². The van der Waals surface area contributed by atoms with E-state index in [2.05, 4.69) is 20.3 Å². The van der Waals surface area contributed by atoms with Crippen LogP contribution in [-0.2, 0) is 17.9 Å². The largest absolute Gasteiger partial charge is 0.493 e. The molecule has 37 heavy (non-hydrogen) atoms. The average Bonchev–Trinajstić information content (AvgIpc) is 3.44. The first-order chi connectivity index (χ1) is 18.3. The third-order valence-corrected chi connectivity index (χ3v) is 5.64. The molecule has 4 heterocycles. The minimum absolute atomic E-state index is 0.389. The number of hydrogen-bond donors (Lipinski definition) is 1. The maximum absolute atomic E-state index is 6.08. The number of pyridine rings is 1. The van der Waals surface area contributed by atoms with Gasteiger partial charge in [-0.25, -0.2) is 19.9 Å². The van der Waals surface area contributed by atoms with Crippen LogP contribution in [0.3, 0.4) is 0 Å². The van der Waals surface area contributed by atoms with E-state index in [4.69, 9.17) is 23.9 Å². The van der Waals surface area contributed by atoms with Gasteiger partial charge in [0.25, 0.3) is 0 Å². The van der Waals surface area contributed by atoms with Crippen LogP contribution in [0.15, 0.2) is 73.6 Å². The zero-order valence-electron chi connectivity index (χ0n) is 20.5. The lowest BCUT2D eigenvalue weighted by atomic mass is 10.1. The quantitative estimate of drug-likeness (QED) is 0.399. The molecule has 1 aromatic carbocycles. The first kappa shape index (κ1) is 24.3. The van der Waals surface area contributed by atoms with Crippen LogP contribution in [0.5, 0.6) is 17.4 Å². The number of rotatable bonds is 5. The normalized spacial score (nSPS) is 14.4. The summed E-state index contributed by atoms with van der Waals surface area (Å²) in [7, 11) is 1.59. The van der Waals surface area contributed by atoms with E-state index >= 15 is 0 Å². The van der Waals surface area contributed by atoms with E-state index < -0.39 is 0 Å². The Morgan fingerprint density at radius 3 is 2.95 bits per heavy atom. The molecule has 6 bridgehead atoms. The number of anilines is 2. The third-order valence-electron chi connectivity index (χ3n) is 5.64. The number of nitrogens with zero attached hydrogens (tertiary/aromatic N) is 5. The van der Waals surface area contributed by atoms with Gasteiger partial charge in [-0.3, -0.25) is 0 Å². The number of fused-ring (bicyclic) bond motifs is 7. The van der Waals surface area contributed by atoms with Gasteiger partial charge in [-0.15, -0.1) is 0 Å². The fourth-order valence-electron chi connectivity index (χ4n) is 3.80. The lowest BCUT2D eigenvalue weighted by Gasteiger charge is -2.15. The van der Waals surface area contributed by atoms with Gasteiger partial charge in [0.2, 0.25) is 11.8 Å². The van der Waals surface area contributed by atoms with E-state index in [1.54, 1.807) is 32.0 Å². The van der Waals surface area contributed by atoms with Crippen LogP contribution in [0.1, 0.15) is 12.0 Å².